The molecule has 0 aliphatic heterocycles. The molecule has 46 heavy (non-hydrogen) atoms. The molecule has 0 atom stereocenters. The van der Waals surface area contributed by atoms with E-state index in [4.69, 9.17) is 19.4 Å². The first-order chi connectivity index (χ1) is 22.8. The molecule has 5 heteroatoms. The summed E-state index contributed by atoms with van der Waals surface area (Å²) in [6, 6.07) is 53.6. The predicted molar refractivity (Wildman–Crippen MR) is 186 cm³/mol. The molecule has 9 rings (SSSR count). The average molecular weight is 591 g/mol. The molecule has 0 aliphatic carbocycles. The molecule has 0 aliphatic rings. The molecule has 0 fully saturated rings. The van der Waals surface area contributed by atoms with Gasteiger partial charge in [0.05, 0.1) is 22.4 Å². The highest BCUT2D eigenvalue weighted by Gasteiger charge is 2.19. The van der Waals surface area contributed by atoms with Crippen LogP contribution in [0.4, 0.5) is 0 Å². The van der Waals surface area contributed by atoms with Crippen molar-refractivity contribution in [1.82, 2.24) is 19.5 Å². The van der Waals surface area contributed by atoms with E-state index in [0.717, 1.165) is 78.1 Å². The summed E-state index contributed by atoms with van der Waals surface area (Å²) in [7, 11) is 0. The number of hydrogen-bond donors (Lipinski definition) is 0. The molecular weight excluding hydrogens is 564 g/mol. The molecule has 0 radical (unpaired) electrons. The summed E-state index contributed by atoms with van der Waals surface area (Å²) in [5, 5.41) is 2.00. The third-order valence-corrected chi connectivity index (χ3v) is 8.44. The van der Waals surface area contributed by atoms with Gasteiger partial charge in [-0.2, -0.15) is 0 Å². The monoisotopic (exact) mass is 590 g/mol. The molecule has 0 saturated heterocycles. The van der Waals surface area contributed by atoms with Gasteiger partial charge in [0.25, 0.3) is 0 Å². The number of hydrogen-bond acceptors (Lipinski definition) is 4. The van der Waals surface area contributed by atoms with E-state index in [-0.39, 0.29) is 0 Å². The maximum absolute atomic E-state index is 6.53. The number of para-hydroxylation sites is 3. The topological polar surface area (TPSA) is 56.7 Å². The van der Waals surface area contributed by atoms with E-state index in [1.165, 1.54) is 0 Å². The number of rotatable bonds is 5. The van der Waals surface area contributed by atoms with Gasteiger partial charge in [0.1, 0.15) is 17.0 Å². The van der Waals surface area contributed by atoms with Crippen molar-refractivity contribution in [2.45, 2.75) is 0 Å². The Morgan fingerprint density at radius 1 is 0.478 bits per heavy atom. The van der Waals surface area contributed by atoms with Crippen molar-refractivity contribution in [1.29, 1.82) is 0 Å². The lowest BCUT2D eigenvalue weighted by Crippen LogP contribution is -1.97. The number of fused-ring (bicyclic) bond motifs is 4. The molecule has 0 unspecified atom stereocenters. The second-order valence-electron chi connectivity index (χ2n) is 11.3. The first-order valence-corrected chi connectivity index (χ1v) is 15.3. The van der Waals surface area contributed by atoms with E-state index < -0.39 is 0 Å². The van der Waals surface area contributed by atoms with Crippen molar-refractivity contribution in [2.75, 3.05) is 0 Å². The maximum atomic E-state index is 6.53. The summed E-state index contributed by atoms with van der Waals surface area (Å²) in [5.74, 6) is 1.52. The van der Waals surface area contributed by atoms with Crippen molar-refractivity contribution in [2.24, 2.45) is 0 Å². The van der Waals surface area contributed by atoms with Crippen LogP contribution < -0.4 is 0 Å². The lowest BCUT2D eigenvalue weighted by molar-refractivity contribution is 0.669. The summed E-state index contributed by atoms with van der Waals surface area (Å²) < 4.78 is 8.74. The van der Waals surface area contributed by atoms with E-state index >= 15 is 0 Å². The Balaban J connectivity index is 1.24. The van der Waals surface area contributed by atoms with Crippen LogP contribution in [0.15, 0.2) is 162 Å². The molecule has 3 aromatic heterocycles. The minimum absolute atomic E-state index is 0.656. The van der Waals surface area contributed by atoms with Gasteiger partial charge in [0, 0.05) is 38.7 Å². The Morgan fingerprint density at radius 2 is 1.13 bits per heavy atom. The molecule has 3 heterocycles. The number of aromatic nitrogens is 4. The van der Waals surface area contributed by atoms with Gasteiger partial charge in [-0.15, -0.1) is 0 Å². The Kier molecular flexibility index (Phi) is 6.06. The molecule has 6 aromatic carbocycles. The molecule has 5 nitrogen and oxygen atoms in total. The van der Waals surface area contributed by atoms with Gasteiger partial charge in [-0.3, -0.25) is 4.57 Å². The standard InChI is InChI=1S/C41H26N4O/c1-4-13-27(14-5-1)34-26-35(28-15-6-2-7-16-28)43-40(42-34)32-19-12-22-37-39(32)31-24-23-29(25-38(31)46-37)41-44-33-20-10-11-21-36(33)45(41)30-17-8-3-9-18-30/h1-26H. The molecule has 9 aromatic rings. The number of benzene rings is 6. The van der Waals surface area contributed by atoms with E-state index in [1.54, 1.807) is 0 Å². The van der Waals surface area contributed by atoms with Gasteiger partial charge in [-0.05, 0) is 48.5 Å². The Morgan fingerprint density at radius 3 is 1.85 bits per heavy atom. The van der Waals surface area contributed by atoms with E-state index in [2.05, 4.69) is 102 Å². The van der Waals surface area contributed by atoms with Crippen molar-refractivity contribution < 1.29 is 4.42 Å². The van der Waals surface area contributed by atoms with Gasteiger partial charge in [-0.1, -0.05) is 109 Å². The van der Waals surface area contributed by atoms with Gasteiger partial charge >= 0.3 is 0 Å². The Labute approximate surface area is 265 Å². The Bertz CT molecular complexity index is 2460. The molecule has 0 bridgehead atoms. The lowest BCUT2D eigenvalue weighted by Gasteiger charge is -2.10. The van der Waals surface area contributed by atoms with Crippen LogP contribution in [0.1, 0.15) is 0 Å². The molecule has 216 valence electrons. The van der Waals surface area contributed by atoms with Crippen LogP contribution in [0.3, 0.4) is 0 Å². The lowest BCUT2D eigenvalue weighted by atomic mass is 10.0. The number of imidazole rings is 1. The second kappa shape index (κ2) is 10.7. The van der Waals surface area contributed by atoms with Crippen LogP contribution in [0.25, 0.3) is 83.9 Å². The van der Waals surface area contributed by atoms with Crippen LogP contribution in [0.2, 0.25) is 0 Å². The largest absolute Gasteiger partial charge is 0.456 e. The molecule has 0 spiro atoms. The van der Waals surface area contributed by atoms with E-state index in [1.807, 2.05) is 60.7 Å². The fourth-order valence-electron chi connectivity index (χ4n) is 6.29. The fraction of sp³-hybridized carbons (Fsp3) is 0. The van der Waals surface area contributed by atoms with Gasteiger partial charge in [0.2, 0.25) is 0 Å². The van der Waals surface area contributed by atoms with Gasteiger partial charge in [0.15, 0.2) is 5.82 Å². The molecule has 0 amide bonds. The Hall–Kier alpha value is -6.33. The summed E-state index contributed by atoms with van der Waals surface area (Å²) >= 11 is 0. The third-order valence-electron chi connectivity index (χ3n) is 8.44. The zero-order valence-corrected chi connectivity index (χ0v) is 24.7. The SMILES string of the molecule is c1ccc(-c2cc(-c3ccccc3)nc(-c3cccc4oc5cc(-c6nc7ccccc7n6-c6ccccc6)ccc5c34)n2)cc1. The van der Waals surface area contributed by atoms with Gasteiger partial charge < -0.3 is 4.42 Å². The minimum atomic E-state index is 0.656. The first kappa shape index (κ1) is 26.1. The van der Waals surface area contributed by atoms with Crippen LogP contribution in [-0.2, 0) is 0 Å². The van der Waals surface area contributed by atoms with Crippen LogP contribution in [0, 0.1) is 0 Å². The minimum Gasteiger partial charge on any atom is -0.456 e. The summed E-state index contributed by atoms with van der Waals surface area (Å²) in [6.07, 6.45) is 0. The molecular formula is C41H26N4O. The normalized spacial score (nSPS) is 11.5. The number of furan rings is 1. The zero-order chi connectivity index (χ0) is 30.5. The predicted octanol–water partition coefficient (Wildman–Crippen LogP) is 10.4. The fourth-order valence-corrected chi connectivity index (χ4v) is 6.29. The van der Waals surface area contributed by atoms with Crippen molar-refractivity contribution in [3.8, 4) is 51.0 Å². The van der Waals surface area contributed by atoms with Crippen LogP contribution in [-0.4, -0.2) is 19.5 Å². The summed E-state index contributed by atoms with van der Waals surface area (Å²) in [6.45, 7) is 0. The summed E-state index contributed by atoms with van der Waals surface area (Å²) in [5.41, 5.74) is 10.4. The maximum Gasteiger partial charge on any atom is 0.161 e. The molecule has 0 saturated carbocycles. The van der Waals surface area contributed by atoms with Crippen molar-refractivity contribution in [3.05, 3.63) is 158 Å². The third kappa shape index (κ3) is 4.37. The highest BCUT2D eigenvalue weighted by atomic mass is 16.3. The molecule has 0 N–H and O–H groups in total. The van der Waals surface area contributed by atoms with Gasteiger partial charge in [-0.25, -0.2) is 15.0 Å². The quantitative estimate of drug-likeness (QED) is 0.200. The smallest absolute Gasteiger partial charge is 0.161 e. The van der Waals surface area contributed by atoms with Crippen molar-refractivity contribution in [3.63, 3.8) is 0 Å². The highest BCUT2D eigenvalue weighted by Crippen LogP contribution is 2.39. The van der Waals surface area contributed by atoms with Crippen LogP contribution >= 0.6 is 0 Å². The average Bonchev–Trinajstić information content (AvgIpc) is 3.71. The first-order valence-electron chi connectivity index (χ1n) is 15.3. The van der Waals surface area contributed by atoms with E-state index in [0.29, 0.717) is 5.82 Å². The van der Waals surface area contributed by atoms with Crippen molar-refractivity contribution >= 4 is 33.0 Å². The highest BCUT2D eigenvalue weighted by molar-refractivity contribution is 6.12. The summed E-state index contributed by atoms with van der Waals surface area (Å²) in [4.78, 5) is 15.3. The number of nitrogens with zero attached hydrogens (tertiary/aromatic N) is 4. The van der Waals surface area contributed by atoms with E-state index in [9.17, 15) is 0 Å². The van der Waals surface area contributed by atoms with Crippen LogP contribution in [0.5, 0.6) is 0 Å². The second-order valence-corrected chi connectivity index (χ2v) is 11.3. The zero-order valence-electron chi connectivity index (χ0n) is 24.7.